The van der Waals surface area contributed by atoms with E-state index in [0.717, 1.165) is 11.1 Å². The van der Waals surface area contributed by atoms with Crippen LogP contribution >= 0.6 is 0 Å². The molecule has 24 heavy (non-hydrogen) atoms. The van der Waals surface area contributed by atoms with Crippen LogP contribution in [0, 0.1) is 0 Å². The molecule has 0 radical (unpaired) electrons. The highest BCUT2D eigenvalue weighted by Crippen LogP contribution is 2.15. The molecule has 1 amide bonds. The second kappa shape index (κ2) is 8.05. The molecule has 2 N–H and O–H groups in total. The second-order valence-corrected chi connectivity index (χ2v) is 7.05. The van der Waals surface area contributed by atoms with E-state index in [4.69, 9.17) is 4.74 Å². The van der Waals surface area contributed by atoms with Crippen LogP contribution in [0.5, 0.6) is 0 Å². The zero-order valence-corrected chi connectivity index (χ0v) is 14.4. The first-order chi connectivity index (χ1) is 11.4. The minimum Gasteiger partial charge on any atom is -0.380 e. The molecule has 7 heteroatoms. The maximum absolute atomic E-state index is 12.3. The fourth-order valence-corrected chi connectivity index (χ4v) is 3.20. The third-order valence-electron chi connectivity index (χ3n) is 3.25. The molecule has 2 aromatic rings. The fraction of sp³-hybridized carbons (Fsp3) is 0.235. The summed E-state index contributed by atoms with van der Waals surface area (Å²) < 4.78 is 32.3. The summed E-state index contributed by atoms with van der Waals surface area (Å²) in [5.74, 6) is -0.209. The van der Waals surface area contributed by atoms with Gasteiger partial charge in [-0.05, 0) is 35.4 Å². The topological polar surface area (TPSA) is 84.5 Å². The minimum absolute atomic E-state index is 0.143. The van der Waals surface area contributed by atoms with Crippen LogP contribution in [0.2, 0.25) is 0 Å². The van der Waals surface area contributed by atoms with Crippen molar-refractivity contribution in [1.82, 2.24) is 4.72 Å². The standard InChI is InChI=1S/C17H20N2O4S/c1-13(20)19-16-6-8-17(9-7-16)24(21,22)18-11-14-4-3-5-15(10-14)12-23-2/h3-10,18H,11-12H2,1-2H3,(H,19,20). The van der Waals surface area contributed by atoms with Gasteiger partial charge in [0.2, 0.25) is 15.9 Å². The summed E-state index contributed by atoms with van der Waals surface area (Å²) in [6, 6.07) is 13.5. The maximum atomic E-state index is 12.3. The highest BCUT2D eigenvalue weighted by Gasteiger charge is 2.13. The average molecular weight is 348 g/mol. The maximum Gasteiger partial charge on any atom is 0.240 e. The van der Waals surface area contributed by atoms with Gasteiger partial charge in [0, 0.05) is 26.3 Å². The number of hydrogen-bond acceptors (Lipinski definition) is 4. The van der Waals surface area contributed by atoms with E-state index in [2.05, 4.69) is 10.0 Å². The van der Waals surface area contributed by atoms with E-state index in [1.165, 1.54) is 19.1 Å². The van der Waals surface area contributed by atoms with Gasteiger partial charge in [-0.3, -0.25) is 4.79 Å². The van der Waals surface area contributed by atoms with E-state index >= 15 is 0 Å². The van der Waals surface area contributed by atoms with Crippen molar-refractivity contribution in [3.8, 4) is 0 Å². The molecule has 2 rings (SSSR count). The van der Waals surface area contributed by atoms with Gasteiger partial charge < -0.3 is 10.1 Å². The van der Waals surface area contributed by atoms with Crippen molar-refractivity contribution in [3.05, 3.63) is 59.7 Å². The molecule has 0 atom stereocenters. The van der Waals surface area contributed by atoms with Crippen LogP contribution < -0.4 is 10.0 Å². The van der Waals surface area contributed by atoms with Gasteiger partial charge in [0.1, 0.15) is 0 Å². The summed E-state index contributed by atoms with van der Waals surface area (Å²) in [4.78, 5) is 11.1. The molecule has 0 aliphatic heterocycles. The lowest BCUT2D eigenvalue weighted by atomic mass is 10.1. The lowest BCUT2D eigenvalue weighted by Crippen LogP contribution is -2.23. The molecule has 0 aliphatic rings. The minimum atomic E-state index is -3.62. The molecule has 0 aromatic heterocycles. The first kappa shape index (κ1) is 18.1. The van der Waals surface area contributed by atoms with E-state index in [0.29, 0.717) is 12.3 Å². The third-order valence-corrected chi connectivity index (χ3v) is 4.67. The predicted molar refractivity (Wildman–Crippen MR) is 91.9 cm³/mol. The summed E-state index contributed by atoms with van der Waals surface area (Å²) in [6.07, 6.45) is 0. The van der Waals surface area contributed by atoms with Gasteiger partial charge in [0.05, 0.1) is 11.5 Å². The van der Waals surface area contributed by atoms with E-state index < -0.39 is 10.0 Å². The molecule has 2 aromatic carbocycles. The Morgan fingerprint density at radius 2 is 1.75 bits per heavy atom. The molecule has 6 nitrogen and oxygen atoms in total. The number of nitrogens with one attached hydrogen (secondary N) is 2. The summed E-state index contributed by atoms with van der Waals surface area (Å²) >= 11 is 0. The quantitative estimate of drug-likeness (QED) is 0.804. The van der Waals surface area contributed by atoms with Crippen LogP contribution in [0.1, 0.15) is 18.1 Å². The molecule has 0 aliphatic carbocycles. The summed E-state index contributed by atoms with van der Waals surface area (Å²) in [5.41, 5.74) is 2.38. The van der Waals surface area contributed by atoms with Crippen LogP contribution in [0.25, 0.3) is 0 Å². The summed E-state index contributed by atoms with van der Waals surface area (Å²) in [6.45, 7) is 2.06. The van der Waals surface area contributed by atoms with Crippen LogP contribution in [-0.4, -0.2) is 21.4 Å². The SMILES string of the molecule is COCc1cccc(CNS(=O)(=O)c2ccc(NC(C)=O)cc2)c1. The Hall–Kier alpha value is -2.22. The van der Waals surface area contributed by atoms with Gasteiger partial charge in [-0.15, -0.1) is 0 Å². The predicted octanol–water partition coefficient (Wildman–Crippen LogP) is 2.27. The van der Waals surface area contributed by atoms with Crippen LogP contribution in [0.3, 0.4) is 0 Å². The number of anilines is 1. The number of methoxy groups -OCH3 is 1. The van der Waals surface area contributed by atoms with Gasteiger partial charge in [-0.25, -0.2) is 13.1 Å². The van der Waals surface area contributed by atoms with Crippen molar-refractivity contribution >= 4 is 21.6 Å². The van der Waals surface area contributed by atoms with Crippen molar-refractivity contribution in [3.63, 3.8) is 0 Å². The zero-order valence-electron chi connectivity index (χ0n) is 13.6. The van der Waals surface area contributed by atoms with E-state index in [1.54, 1.807) is 19.2 Å². The van der Waals surface area contributed by atoms with Gasteiger partial charge in [0.15, 0.2) is 0 Å². The Balaban J connectivity index is 2.05. The Morgan fingerprint density at radius 1 is 1.08 bits per heavy atom. The lowest BCUT2D eigenvalue weighted by molar-refractivity contribution is -0.114. The van der Waals surface area contributed by atoms with Crippen LogP contribution in [-0.2, 0) is 32.7 Å². The number of ether oxygens (including phenoxy) is 1. The molecule has 0 saturated heterocycles. The van der Waals surface area contributed by atoms with Gasteiger partial charge in [-0.1, -0.05) is 24.3 Å². The van der Waals surface area contributed by atoms with Crippen molar-refractivity contribution in [1.29, 1.82) is 0 Å². The number of rotatable bonds is 7. The smallest absolute Gasteiger partial charge is 0.240 e. The number of carbonyl (C=O) groups is 1. The Bertz CT molecular complexity index is 802. The molecule has 0 heterocycles. The first-order valence-electron chi connectivity index (χ1n) is 7.35. The van der Waals surface area contributed by atoms with Gasteiger partial charge in [0.25, 0.3) is 0 Å². The highest BCUT2D eigenvalue weighted by molar-refractivity contribution is 7.89. The zero-order chi connectivity index (χ0) is 17.6. The molecule has 128 valence electrons. The Labute approximate surface area is 141 Å². The Morgan fingerprint density at radius 3 is 2.38 bits per heavy atom. The van der Waals surface area contributed by atoms with Crippen molar-refractivity contribution in [2.75, 3.05) is 12.4 Å². The summed E-state index contributed by atoms with van der Waals surface area (Å²) in [7, 11) is -2.01. The fourth-order valence-electron chi connectivity index (χ4n) is 2.18. The molecule has 0 spiro atoms. The van der Waals surface area contributed by atoms with Gasteiger partial charge in [-0.2, -0.15) is 0 Å². The molecule has 0 fully saturated rings. The Kier molecular flexibility index (Phi) is 6.08. The van der Waals surface area contributed by atoms with Crippen molar-refractivity contribution in [2.24, 2.45) is 0 Å². The number of carbonyl (C=O) groups excluding carboxylic acids is 1. The monoisotopic (exact) mass is 348 g/mol. The molecular weight excluding hydrogens is 328 g/mol. The lowest BCUT2D eigenvalue weighted by Gasteiger charge is -2.09. The first-order valence-corrected chi connectivity index (χ1v) is 8.83. The normalized spacial score (nSPS) is 11.2. The summed E-state index contributed by atoms with van der Waals surface area (Å²) in [5, 5.41) is 2.59. The van der Waals surface area contributed by atoms with E-state index in [9.17, 15) is 13.2 Å². The van der Waals surface area contributed by atoms with Crippen molar-refractivity contribution in [2.45, 2.75) is 25.0 Å². The highest BCUT2D eigenvalue weighted by atomic mass is 32.2. The van der Waals surface area contributed by atoms with Gasteiger partial charge >= 0.3 is 0 Å². The van der Waals surface area contributed by atoms with E-state index in [1.807, 2.05) is 24.3 Å². The third kappa shape index (κ3) is 5.16. The molecule has 0 unspecified atom stereocenters. The molecule has 0 saturated carbocycles. The average Bonchev–Trinajstić information content (AvgIpc) is 2.54. The van der Waals surface area contributed by atoms with E-state index in [-0.39, 0.29) is 17.3 Å². The number of sulfonamides is 1. The number of benzene rings is 2. The molecule has 0 bridgehead atoms. The number of hydrogen-bond donors (Lipinski definition) is 2. The molecular formula is C17H20N2O4S. The van der Waals surface area contributed by atoms with Crippen molar-refractivity contribution < 1.29 is 17.9 Å². The largest absolute Gasteiger partial charge is 0.380 e. The van der Waals surface area contributed by atoms with Crippen LogP contribution in [0.15, 0.2) is 53.4 Å². The van der Waals surface area contributed by atoms with Crippen LogP contribution in [0.4, 0.5) is 5.69 Å². The second-order valence-electron chi connectivity index (χ2n) is 5.28. The number of amides is 1.